The molecule has 1 N–H and O–H groups in total. The molecule has 0 bridgehead atoms. The van der Waals surface area contributed by atoms with Crippen LogP contribution in [0.15, 0.2) is 18.2 Å². The predicted molar refractivity (Wildman–Crippen MR) is 58.9 cm³/mol. The molecule has 1 aliphatic rings. The molecule has 0 heterocycles. The zero-order valence-electron chi connectivity index (χ0n) is 8.78. The molecule has 0 atom stereocenters. The van der Waals surface area contributed by atoms with E-state index in [2.05, 4.69) is 5.32 Å². The van der Waals surface area contributed by atoms with Gasteiger partial charge in [0.05, 0.1) is 4.92 Å². The van der Waals surface area contributed by atoms with Crippen molar-refractivity contribution in [2.45, 2.75) is 19.3 Å². The van der Waals surface area contributed by atoms with Crippen LogP contribution in [0.1, 0.15) is 19.3 Å². The minimum Gasteiger partial charge on any atom is -0.379 e. The van der Waals surface area contributed by atoms with Crippen LogP contribution in [-0.2, 0) is 0 Å². The zero-order valence-corrected chi connectivity index (χ0v) is 8.78. The van der Waals surface area contributed by atoms with E-state index < -0.39 is 16.4 Å². The monoisotopic (exact) mass is 224 g/mol. The van der Waals surface area contributed by atoms with E-state index in [-0.39, 0.29) is 5.69 Å². The fourth-order valence-electron chi connectivity index (χ4n) is 1.66. The van der Waals surface area contributed by atoms with Gasteiger partial charge in [0.2, 0.25) is 5.82 Å². The number of hydrogen-bond acceptors (Lipinski definition) is 3. The number of nitro benzene ring substituents is 1. The Labute approximate surface area is 92.6 Å². The lowest BCUT2D eigenvalue weighted by molar-refractivity contribution is -0.386. The van der Waals surface area contributed by atoms with Gasteiger partial charge in [0.15, 0.2) is 0 Å². The second-order valence-electron chi connectivity index (χ2n) is 4.05. The summed E-state index contributed by atoms with van der Waals surface area (Å²) >= 11 is 0. The van der Waals surface area contributed by atoms with Gasteiger partial charge < -0.3 is 5.32 Å². The van der Waals surface area contributed by atoms with Gasteiger partial charge in [0, 0.05) is 6.54 Å². The first kappa shape index (κ1) is 10.9. The van der Waals surface area contributed by atoms with Crippen LogP contribution in [0.5, 0.6) is 0 Å². The van der Waals surface area contributed by atoms with Gasteiger partial charge in [-0.05, 0) is 24.5 Å². The summed E-state index contributed by atoms with van der Waals surface area (Å²) in [6, 6.07) is 4.11. The van der Waals surface area contributed by atoms with Gasteiger partial charge in [-0.3, -0.25) is 10.1 Å². The SMILES string of the molecule is O=[N+]([O-])c1c(F)cccc1NCCC1CC1. The number of anilines is 1. The fourth-order valence-corrected chi connectivity index (χ4v) is 1.66. The van der Waals surface area contributed by atoms with Crippen molar-refractivity contribution >= 4 is 11.4 Å². The average Bonchev–Trinajstić information content (AvgIpc) is 3.01. The van der Waals surface area contributed by atoms with Gasteiger partial charge >= 0.3 is 5.69 Å². The number of nitrogens with one attached hydrogen (secondary N) is 1. The highest BCUT2D eigenvalue weighted by molar-refractivity contribution is 5.61. The van der Waals surface area contributed by atoms with Gasteiger partial charge in [-0.25, -0.2) is 0 Å². The standard InChI is InChI=1S/C11H13FN2O2/c12-9-2-1-3-10(11(9)14(15)16)13-7-6-8-4-5-8/h1-3,8,13H,4-7H2. The van der Waals surface area contributed by atoms with Gasteiger partial charge in [0.25, 0.3) is 0 Å². The molecule has 1 saturated carbocycles. The molecule has 16 heavy (non-hydrogen) atoms. The molecule has 86 valence electrons. The van der Waals surface area contributed by atoms with Gasteiger partial charge in [-0.2, -0.15) is 4.39 Å². The summed E-state index contributed by atoms with van der Waals surface area (Å²) in [5, 5.41) is 13.6. The largest absolute Gasteiger partial charge is 0.379 e. The quantitative estimate of drug-likeness (QED) is 0.618. The molecule has 2 rings (SSSR count). The van der Waals surface area contributed by atoms with E-state index in [1.54, 1.807) is 0 Å². The topological polar surface area (TPSA) is 55.2 Å². The number of halogens is 1. The van der Waals surface area contributed by atoms with Crippen molar-refractivity contribution in [3.05, 3.63) is 34.1 Å². The maximum atomic E-state index is 13.2. The molecule has 1 fully saturated rings. The van der Waals surface area contributed by atoms with E-state index in [1.807, 2.05) is 0 Å². The maximum Gasteiger partial charge on any atom is 0.327 e. The normalized spacial score (nSPS) is 14.8. The lowest BCUT2D eigenvalue weighted by atomic mass is 10.2. The Morgan fingerprint density at radius 2 is 2.25 bits per heavy atom. The minimum atomic E-state index is -0.790. The summed E-state index contributed by atoms with van der Waals surface area (Å²) in [6.07, 6.45) is 3.48. The minimum absolute atomic E-state index is 0.269. The first-order valence-electron chi connectivity index (χ1n) is 5.35. The smallest absolute Gasteiger partial charge is 0.327 e. The van der Waals surface area contributed by atoms with Gasteiger partial charge in [-0.1, -0.05) is 18.9 Å². The predicted octanol–water partition coefficient (Wildman–Crippen LogP) is 2.95. The number of nitrogens with zero attached hydrogens (tertiary/aromatic N) is 1. The molecule has 0 unspecified atom stereocenters. The molecule has 0 aliphatic heterocycles. The summed E-state index contributed by atoms with van der Waals surface area (Å²) in [6.45, 7) is 0.662. The van der Waals surface area contributed by atoms with Crippen LogP contribution in [0.2, 0.25) is 0 Å². The van der Waals surface area contributed by atoms with E-state index in [0.717, 1.165) is 18.4 Å². The second-order valence-corrected chi connectivity index (χ2v) is 4.05. The Morgan fingerprint density at radius 3 is 2.88 bits per heavy atom. The van der Waals surface area contributed by atoms with E-state index in [9.17, 15) is 14.5 Å². The Hall–Kier alpha value is -1.65. The van der Waals surface area contributed by atoms with Crippen LogP contribution in [0.25, 0.3) is 0 Å². The third-order valence-corrected chi connectivity index (χ3v) is 2.73. The summed E-state index contributed by atoms with van der Waals surface area (Å²) in [5.41, 5.74) is -0.191. The molecular formula is C11H13FN2O2. The Balaban J connectivity index is 2.05. The van der Waals surface area contributed by atoms with E-state index in [4.69, 9.17) is 0 Å². The van der Waals surface area contributed by atoms with Crippen LogP contribution >= 0.6 is 0 Å². The van der Waals surface area contributed by atoms with Crippen LogP contribution in [0.4, 0.5) is 15.8 Å². The molecule has 0 spiro atoms. The first-order valence-corrected chi connectivity index (χ1v) is 5.35. The molecule has 0 amide bonds. The molecule has 0 aromatic heterocycles. The van der Waals surface area contributed by atoms with Crippen molar-refractivity contribution in [2.75, 3.05) is 11.9 Å². The van der Waals surface area contributed by atoms with Gasteiger partial charge in [-0.15, -0.1) is 0 Å². The Kier molecular flexibility index (Phi) is 3.03. The summed E-state index contributed by atoms with van der Waals surface area (Å²) in [7, 11) is 0. The fraction of sp³-hybridized carbons (Fsp3) is 0.455. The molecule has 0 radical (unpaired) electrons. The summed E-state index contributed by atoms with van der Waals surface area (Å²) in [5.74, 6) is -0.0402. The van der Waals surface area contributed by atoms with E-state index in [0.29, 0.717) is 6.54 Å². The van der Waals surface area contributed by atoms with Gasteiger partial charge in [0.1, 0.15) is 5.69 Å². The van der Waals surface area contributed by atoms with Crippen molar-refractivity contribution in [3.63, 3.8) is 0 Å². The molecule has 1 aliphatic carbocycles. The number of nitro groups is 1. The molecule has 1 aromatic carbocycles. The van der Waals surface area contributed by atoms with Crippen molar-refractivity contribution in [1.29, 1.82) is 0 Å². The number of hydrogen-bond donors (Lipinski definition) is 1. The van der Waals surface area contributed by atoms with Crippen molar-refractivity contribution in [3.8, 4) is 0 Å². The van der Waals surface area contributed by atoms with Crippen LogP contribution in [0, 0.1) is 21.8 Å². The summed E-state index contributed by atoms with van der Waals surface area (Å²) in [4.78, 5) is 9.99. The van der Waals surface area contributed by atoms with Crippen LogP contribution in [0.3, 0.4) is 0 Å². The molecule has 4 nitrogen and oxygen atoms in total. The number of benzene rings is 1. The van der Waals surface area contributed by atoms with E-state index >= 15 is 0 Å². The van der Waals surface area contributed by atoms with Crippen LogP contribution in [-0.4, -0.2) is 11.5 Å². The van der Waals surface area contributed by atoms with Crippen LogP contribution < -0.4 is 5.32 Å². The molecular weight excluding hydrogens is 211 g/mol. The van der Waals surface area contributed by atoms with E-state index in [1.165, 1.54) is 25.0 Å². The highest BCUT2D eigenvalue weighted by atomic mass is 19.1. The lowest BCUT2D eigenvalue weighted by Crippen LogP contribution is -2.06. The van der Waals surface area contributed by atoms with Crippen molar-refractivity contribution in [2.24, 2.45) is 5.92 Å². The molecule has 1 aromatic rings. The van der Waals surface area contributed by atoms with Crippen molar-refractivity contribution in [1.82, 2.24) is 0 Å². The molecule has 0 saturated heterocycles. The third kappa shape index (κ3) is 2.48. The maximum absolute atomic E-state index is 13.2. The highest BCUT2D eigenvalue weighted by Gasteiger charge is 2.22. The second kappa shape index (κ2) is 4.47. The summed E-state index contributed by atoms with van der Waals surface area (Å²) < 4.78 is 13.2. The number of rotatable bonds is 5. The average molecular weight is 224 g/mol. The Morgan fingerprint density at radius 1 is 1.50 bits per heavy atom. The van der Waals surface area contributed by atoms with Crippen molar-refractivity contribution < 1.29 is 9.31 Å². The molecule has 5 heteroatoms. The lowest BCUT2D eigenvalue weighted by Gasteiger charge is -2.06. The highest BCUT2D eigenvalue weighted by Crippen LogP contribution is 2.33. The first-order chi connectivity index (χ1) is 7.68. The number of para-hydroxylation sites is 1. The Bertz CT molecular complexity index is 405. The zero-order chi connectivity index (χ0) is 11.5. The third-order valence-electron chi connectivity index (χ3n) is 2.73.